The summed E-state index contributed by atoms with van der Waals surface area (Å²) in [5.74, 6) is 0. The van der Waals surface area contributed by atoms with E-state index in [0.717, 1.165) is 48.9 Å². The molecule has 2 aromatic carbocycles. The highest BCUT2D eigenvalue weighted by atomic mass is 35.5. The number of nitrogens with zero attached hydrogens (tertiary/aromatic N) is 2. The molecule has 162 valence electrons. The van der Waals surface area contributed by atoms with Gasteiger partial charge in [-0.2, -0.15) is 0 Å². The molecule has 0 radical (unpaired) electrons. The van der Waals surface area contributed by atoms with E-state index >= 15 is 0 Å². The predicted octanol–water partition coefficient (Wildman–Crippen LogP) is 5.51. The third-order valence-corrected chi connectivity index (χ3v) is 4.45. The third-order valence-electron chi connectivity index (χ3n) is 4.45. The first-order valence-corrected chi connectivity index (χ1v) is 8.68. The van der Waals surface area contributed by atoms with Crippen LogP contribution in [0.25, 0.3) is 0 Å². The molecule has 0 fully saturated rings. The first-order valence-electron chi connectivity index (χ1n) is 8.68. The van der Waals surface area contributed by atoms with Gasteiger partial charge in [0, 0.05) is 26.2 Å². The second kappa shape index (κ2) is 14.7. The molecule has 0 unspecified atom stereocenters. The van der Waals surface area contributed by atoms with Crippen molar-refractivity contribution in [1.29, 1.82) is 0 Å². The Bertz CT molecular complexity index is 638. The minimum atomic E-state index is 0. The van der Waals surface area contributed by atoms with Crippen molar-refractivity contribution in [3.8, 4) is 0 Å². The summed E-state index contributed by atoms with van der Waals surface area (Å²) in [4.78, 5) is 4.64. The summed E-state index contributed by atoms with van der Waals surface area (Å²) >= 11 is 0. The van der Waals surface area contributed by atoms with Gasteiger partial charge in [0.15, 0.2) is 0 Å². The van der Waals surface area contributed by atoms with Crippen LogP contribution in [0.2, 0.25) is 0 Å². The number of anilines is 4. The fraction of sp³-hybridized carbons (Fsp3) is 0.400. The minimum Gasteiger partial charge on any atom is -0.397 e. The molecule has 28 heavy (non-hydrogen) atoms. The van der Waals surface area contributed by atoms with Crippen LogP contribution < -0.4 is 21.3 Å². The van der Waals surface area contributed by atoms with E-state index in [1.54, 1.807) is 0 Å². The molecule has 2 rings (SSSR count). The fourth-order valence-corrected chi connectivity index (χ4v) is 3.06. The molecule has 0 aliphatic rings. The van der Waals surface area contributed by atoms with E-state index in [2.05, 4.69) is 61.8 Å². The van der Waals surface area contributed by atoms with Crippen LogP contribution >= 0.6 is 49.6 Å². The van der Waals surface area contributed by atoms with E-state index in [-0.39, 0.29) is 49.6 Å². The summed E-state index contributed by atoms with van der Waals surface area (Å²) in [6.07, 6.45) is 0. The second-order valence-electron chi connectivity index (χ2n) is 6.28. The molecule has 4 nitrogen and oxygen atoms in total. The molecule has 4 N–H and O–H groups in total. The summed E-state index contributed by atoms with van der Waals surface area (Å²) in [5.41, 5.74) is 18.7. The van der Waals surface area contributed by atoms with Crippen LogP contribution in [0, 0.1) is 13.8 Å². The normalized spacial score (nSPS) is 9.14. The number of benzene rings is 2. The maximum absolute atomic E-state index is 6.21. The van der Waals surface area contributed by atoms with Crippen LogP contribution in [0.4, 0.5) is 22.7 Å². The van der Waals surface area contributed by atoms with Gasteiger partial charge in [0.25, 0.3) is 0 Å². The van der Waals surface area contributed by atoms with Gasteiger partial charge in [-0.1, -0.05) is 12.1 Å². The highest BCUT2D eigenvalue weighted by molar-refractivity contribution is 5.86. The van der Waals surface area contributed by atoms with Crippen molar-refractivity contribution >= 4 is 72.4 Å². The van der Waals surface area contributed by atoms with Gasteiger partial charge >= 0.3 is 0 Å². The molecule has 0 aliphatic carbocycles. The number of rotatable bonds is 7. The monoisotopic (exact) mass is 470 g/mol. The number of likely N-dealkylation sites (N-methyl/N-ethyl adjacent to an activating group) is 2. The van der Waals surface area contributed by atoms with E-state index in [1.165, 1.54) is 11.1 Å². The van der Waals surface area contributed by atoms with Gasteiger partial charge in [-0.05, 0) is 63.1 Å². The Labute approximate surface area is 194 Å². The number of aryl methyl sites for hydroxylation is 2. The summed E-state index contributed by atoms with van der Waals surface area (Å²) in [5, 5.41) is 0. The zero-order valence-corrected chi connectivity index (χ0v) is 20.2. The van der Waals surface area contributed by atoms with Gasteiger partial charge < -0.3 is 21.3 Å². The number of hydrogen-bond acceptors (Lipinski definition) is 4. The summed E-state index contributed by atoms with van der Waals surface area (Å²) < 4.78 is 0. The maximum atomic E-state index is 6.21. The molecule has 0 aromatic heterocycles. The Morgan fingerprint density at radius 3 is 1.21 bits per heavy atom. The molecule has 0 spiro atoms. The first kappa shape index (κ1) is 31.5. The van der Waals surface area contributed by atoms with Gasteiger partial charge in [-0.25, -0.2) is 0 Å². The van der Waals surface area contributed by atoms with E-state index in [1.807, 2.05) is 12.1 Å². The molecule has 0 amide bonds. The van der Waals surface area contributed by atoms with Crippen molar-refractivity contribution in [2.45, 2.75) is 27.7 Å². The lowest BCUT2D eigenvalue weighted by Gasteiger charge is -2.30. The molecular weight excluding hydrogens is 438 g/mol. The van der Waals surface area contributed by atoms with Crippen molar-refractivity contribution < 1.29 is 0 Å². The molecule has 8 heteroatoms. The second-order valence-corrected chi connectivity index (χ2v) is 6.28. The molecule has 0 saturated heterocycles. The SMILES string of the molecule is CCN(CCN(CC)c1ccc(C)cc1N)c1ccc(C)cc1N.Cl.Cl.Cl.Cl. The van der Waals surface area contributed by atoms with Crippen molar-refractivity contribution in [1.82, 2.24) is 0 Å². The standard InChI is InChI=1S/C20H30N4.4ClH/c1-5-23(19-9-7-15(3)13-17(19)21)11-12-24(6-2)20-10-8-16(4)14-18(20)22;;;;/h7-10,13-14H,5-6,11-12,21-22H2,1-4H3;4*1H. The third kappa shape index (κ3) is 8.04. The molecule has 0 heterocycles. The average molecular weight is 472 g/mol. The van der Waals surface area contributed by atoms with Crippen molar-refractivity contribution in [2.24, 2.45) is 0 Å². The van der Waals surface area contributed by atoms with Crippen LogP contribution in [-0.2, 0) is 0 Å². The lowest BCUT2D eigenvalue weighted by atomic mass is 10.1. The van der Waals surface area contributed by atoms with Crippen LogP contribution in [0.5, 0.6) is 0 Å². The maximum Gasteiger partial charge on any atom is 0.0600 e. The first-order chi connectivity index (χ1) is 11.5. The largest absolute Gasteiger partial charge is 0.397 e. The molecule has 0 bridgehead atoms. The Morgan fingerprint density at radius 1 is 0.643 bits per heavy atom. The van der Waals surface area contributed by atoms with E-state index in [0.29, 0.717) is 0 Å². The van der Waals surface area contributed by atoms with Crippen LogP contribution in [0.3, 0.4) is 0 Å². The summed E-state index contributed by atoms with van der Waals surface area (Å²) in [6, 6.07) is 12.5. The van der Waals surface area contributed by atoms with Crippen LogP contribution in [0.1, 0.15) is 25.0 Å². The highest BCUT2D eigenvalue weighted by Gasteiger charge is 2.12. The smallest absolute Gasteiger partial charge is 0.0600 e. The average Bonchev–Trinajstić information content (AvgIpc) is 2.54. The van der Waals surface area contributed by atoms with Gasteiger partial charge in [0.1, 0.15) is 0 Å². The number of nitrogen functional groups attached to an aromatic ring is 2. The van der Waals surface area contributed by atoms with Gasteiger partial charge in [0.2, 0.25) is 0 Å². The summed E-state index contributed by atoms with van der Waals surface area (Å²) in [7, 11) is 0. The fourth-order valence-electron chi connectivity index (χ4n) is 3.06. The molecule has 0 saturated carbocycles. The Hall–Kier alpha value is -1.20. The Balaban J connectivity index is -0.00000156. The number of hydrogen-bond donors (Lipinski definition) is 2. The van der Waals surface area contributed by atoms with Crippen LogP contribution in [-0.4, -0.2) is 26.2 Å². The molecule has 0 atom stereocenters. The quantitative estimate of drug-likeness (QED) is 0.522. The van der Waals surface area contributed by atoms with Crippen molar-refractivity contribution in [3.63, 3.8) is 0 Å². The zero-order valence-electron chi connectivity index (χ0n) is 17.0. The van der Waals surface area contributed by atoms with E-state index in [9.17, 15) is 0 Å². The predicted molar refractivity (Wildman–Crippen MR) is 136 cm³/mol. The van der Waals surface area contributed by atoms with E-state index < -0.39 is 0 Å². The number of nitrogens with two attached hydrogens (primary N) is 2. The van der Waals surface area contributed by atoms with Gasteiger partial charge in [-0.3, -0.25) is 0 Å². The van der Waals surface area contributed by atoms with Gasteiger partial charge in [-0.15, -0.1) is 49.6 Å². The van der Waals surface area contributed by atoms with Gasteiger partial charge in [0.05, 0.1) is 22.7 Å². The molecular formula is C20H34Cl4N4. The van der Waals surface area contributed by atoms with E-state index in [4.69, 9.17) is 11.5 Å². The summed E-state index contributed by atoms with van der Waals surface area (Å²) in [6.45, 7) is 12.1. The molecule has 2 aromatic rings. The lowest BCUT2D eigenvalue weighted by Crippen LogP contribution is -2.35. The van der Waals surface area contributed by atoms with Crippen molar-refractivity contribution in [3.05, 3.63) is 47.5 Å². The van der Waals surface area contributed by atoms with Crippen LogP contribution in [0.15, 0.2) is 36.4 Å². The number of halogens is 4. The lowest BCUT2D eigenvalue weighted by molar-refractivity contribution is 0.755. The topological polar surface area (TPSA) is 58.5 Å². The Morgan fingerprint density at radius 2 is 0.964 bits per heavy atom. The highest BCUT2D eigenvalue weighted by Crippen LogP contribution is 2.26. The zero-order chi connectivity index (χ0) is 17.7. The molecule has 0 aliphatic heterocycles. The minimum absolute atomic E-state index is 0. The Kier molecular flexibility index (Phi) is 16.6. The van der Waals surface area contributed by atoms with Crippen molar-refractivity contribution in [2.75, 3.05) is 47.4 Å².